The number of hydrogen-bond donors (Lipinski definition) is 1. The lowest BCUT2D eigenvalue weighted by molar-refractivity contribution is 0.0493. The predicted octanol–water partition coefficient (Wildman–Crippen LogP) is 5.71. The molecule has 1 unspecified atom stereocenters. The van der Waals surface area contributed by atoms with Crippen LogP contribution in [0.3, 0.4) is 0 Å². The van der Waals surface area contributed by atoms with E-state index in [1.165, 1.54) is 11.3 Å². The minimum Gasteiger partial charge on any atom is -0.484 e. The second-order valence-corrected chi connectivity index (χ2v) is 15.9. The molecule has 8 heteroatoms. The van der Waals surface area contributed by atoms with Crippen LogP contribution in [0.25, 0.3) is 12.2 Å². The summed E-state index contributed by atoms with van der Waals surface area (Å²) in [5.74, 6) is 1.15. The first kappa shape index (κ1) is 26.5. The fourth-order valence-electron chi connectivity index (χ4n) is 3.41. The maximum absolute atomic E-state index is 11.7. The number of aldehydes is 1. The maximum atomic E-state index is 11.7. The highest BCUT2D eigenvalue weighted by atomic mass is 32.1. The Kier molecular flexibility index (Phi) is 8.62. The van der Waals surface area contributed by atoms with E-state index < -0.39 is 8.32 Å². The highest BCUT2D eigenvalue weighted by Gasteiger charge is 2.38. The third-order valence-corrected chi connectivity index (χ3v) is 12.1. The predicted molar refractivity (Wildman–Crippen MR) is 143 cm³/mol. The Hall–Kier alpha value is -2.13. The molecule has 0 saturated carbocycles. The number of aliphatic hydroxyl groups excluding tert-OH is 1. The molecule has 3 rings (SSSR count). The van der Waals surface area contributed by atoms with Crippen LogP contribution in [-0.2, 0) is 4.43 Å². The van der Waals surface area contributed by atoms with Gasteiger partial charge in [0.1, 0.15) is 11.5 Å². The summed E-state index contributed by atoms with van der Waals surface area (Å²) >= 11 is 1.37. The SMILES string of the molecule is CCN(CCO)c1ccc(/C=C/c2sc(C=O)c3c2OCC(CO[Si](C)(C)C(C)(C)C)O3)cc1. The van der Waals surface area contributed by atoms with Crippen molar-refractivity contribution in [2.75, 3.05) is 37.8 Å². The summed E-state index contributed by atoms with van der Waals surface area (Å²) in [6.45, 7) is 15.5. The van der Waals surface area contributed by atoms with Gasteiger partial charge < -0.3 is 23.9 Å². The third kappa shape index (κ3) is 6.10. The van der Waals surface area contributed by atoms with E-state index in [-0.39, 0.29) is 17.7 Å². The highest BCUT2D eigenvalue weighted by molar-refractivity contribution is 7.15. The number of hydrogen-bond acceptors (Lipinski definition) is 7. The number of aliphatic hydroxyl groups is 1. The number of likely N-dealkylation sites (N-methyl/N-ethyl adjacent to an activating group) is 1. The van der Waals surface area contributed by atoms with E-state index in [0.29, 0.717) is 36.1 Å². The van der Waals surface area contributed by atoms with Crippen molar-refractivity contribution in [3.8, 4) is 11.5 Å². The lowest BCUT2D eigenvalue weighted by atomic mass is 10.1. The van der Waals surface area contributed by atoms with E-state index in [4.69, 9.17) is 13.9 Å². The van der Waals surface area contributed by atoms with Crippen molar-refractivity contribution in [3.05, 3.63) is 39.6 Å². The summed E-state index contributed by atoms with van der Waals surface area (Å²) < 4.78 is 18.5. The smallest absolute Gasteiger partial charge is 0.192 e. The van der Waals surface area contributed by atoms with Gasteiger partial charge in [-0.15, -0.1) is 11.3 Å². The average Bonchev–Trinajstić information content (AvgIpc) is 3.16. The normalized spacial score (nSPS) is 16.1. The van der Waals surface area contributed by atoms with Crippen LogP contribution in [0, 0.1) is 0 Å². The zero-order chi connectivity index (χ0) is 24.9. The Morgan fingerprint density at radius 1 is 1.18 bits per heavy atom. The number of carbonyl (C=O) groups is 1. The minimum absolute atomic E-state index is 0.119. The molecule has 0 fully saturated rings. The molecule has 1 N–H and O–H groups in total. The summed E-state index contributed by atoms with van der Waals surface area (Å²) in [7, 11) is -1.90. The van der Waals surface area contributed by atoms with Gasteiger partial charge in [-0.3, -0.25) is 4.79 Å². The summed E-state index contributed by atoms with van der Waals surface area (Å²) in [6.07, 6.45) is 4.56. The molecule has 0 spiro atoms. The topological polar surface area (TPSA) is 68.2 Å². The molecular formula is C26H37NO5SSi. The Balaban J connectivity index is 1.71. The van der Waals surface area contributed by atoms with Gasteiger partial charge in [0.05, 0.1) is 18.1 Å². The molecular weight excluding hydrogens is 466 g/mol. The molecule has 2 aromatic rings. The van der Waals surface area contributed by atoms with Gasteiger partial charge in [-0.05, 0) is 48.8 Å². The zero-order valence-electron chi connectivity index (χ0n) is 21.1. The van der Waals surface area contributed by atoms with E-state index in [9.17, 15) is 9.90 Å². The van der Waals surface area contributed by atoms with Crippen LogP contribution in [0.15, 0.2) is 24.3 Å². The van der Waals surface area contributed by atoms with Crippen LogP contribution in [-0.4, -0.2) is 58.7 Å². The molecule has 186 valence electrons. The van der Waals surface area contributed by atoms with Gasteiger partial charge >= 0.3 is 0 Å². The van der Waals surface area contributed by atoms with E-state index in [2.05, 4.69) is 45.7 Å². The first-order valence-corrected chi connectivity index (χ1v) is 15.5. The van der Waals surface area contributed by atoms with Crippen molar-refractivity contribution < 1.29 is 23.8 Å². The maximum Gasteiger partial charge on any atom is 0.192 e. The summed E-state index contributed by atoms with van der Waals surface area (Å²) in [5, 5.41) is 9.34. The molecule has 1 aliphatic rings. The number of carbonyl (C=O) groups excluding carboxylic acids is 1. The quantitative estimate of drug-likeness (QED) is 0.331. The van der Waals surface area contributed by atoms with Gasteiger partial charge in [-0.1, -0.05) is 39.0 Å². The molecule has 1 aliphatic heterocycles. The van der Waals surface area contributed by atoms with Crippen LogP contribution < -0.4 is 14.4 Å². The van der Waals surface area contributed by atoms with Crippen LogP contribution in [0.1, 0.15) is 47.8 Å². The second-order valence-electron chi connectivity index (χ2n) is 9.96. The Morgan fingerprint density at radius 3 is 2.47 bits per heavy atom. The van der Waals surface area contributed by atoms with E-state index in [0.717, 1.165) is 29.0 Å². The lowest BCUT2D eigenvalue weighted by Gasteiger charge is -2.37. The second kappa shape index (κ2) is 11.1. The first-order chi connectivity index (χ1) is 16.1. The number of fused-ring (bicyclic) bond motifs is 1. The summed E-state index contributed by atoms with van der Waals surface area (Å²) in [4.78, 5) is 15.2. The molecule has 0 saturated heterocycles. The molecule has 0 bridgehead atoms. The van der Waals surface area contributed by atoms with Crippen LogP contribution in [0.4, 0.5) is 5.69 Å². The average molecular weight is 504 g/mol. The molecule has 1 atom stereocenters. The zero-order valence-corrected chi connectivity index (χ0v) is 22.9. The standard InChI is InChI=1S/C26H37NO5SSi/c1-7-27(14-15-28)20-11-8-19(9-12-20)10-13-22-24-25(23(16-29)33-22)32-21(17-30-24)18-31-34(5,6)26(2,3)4/h8-13,16,21,28H,7,14-15,17-18H2,1-6H3/b13-10+. The fourth-order valence-corrected chi connectivity index (χ4v) is 5.34. The first-order valence-electron chi connectivity index (χ1n) is 11.8. The molecule has 0 amide bonds. The number of thiophene rings is 1. The monoisotopic (exact) mass is 503 g/mol. The van der Waals surface area contributed by atoms with Crippen LogP contribution >= 0.6 is 11.3 Å². The fraction of sp³-hybridized carbons (Fsp3) is 0.500. The van der Waals surface area contributed by atoms with Gasteiger partial charge in [-0.25, -0.2) is 0 Å². The molecule has 0 aliphatic carbocycles. The molecule has 2 heterocycles. The highest BCUT2D eigenvalue weighted by Crippen LogP contribution is 2.45. The van der Waals surface area contributed by atoms with Crippen molar-refractivity contribution in [1.29, 1.82) is 0 Å². The Bertz CT molecular complexity index is 994. The number of rotatable bonds is 10. The number of ether oxygens (including phenoxy) is 2. The van der Waals surface area contributed by atoms with E-state index in [1.807, 2.05) is 36.4 Å². The van der Waals surface area contributed by atoms with E-state index in [1.54, 1.807) is 0 Å². The number of nitrogens with zero attached hydrogens (tertiary/aromatic N) is 1. The number of anilines is 1. The molecule has 1 aromatic carbocycles. The van der Waals surface area contributed by atoms with Gasteiger partial charge in [0.25, 0.3) is 0 Å². The van der Waals surface area contributed by atoms with Crippen molar-refractivity contribution in [1.82, 2.24) is 0 Å². The van der Waals surface area contributed by atoms with Gasteiger partial charge in [-0.2, -0.15) is 0 Å². The molecule has 6 nitrogen and oxygen atoms in total. The van der Waals surface area contributed by atoms with Gasteiger partial charge in [0, 0.05) is 18.8 Å². The van der Waals surface area contributed by atoms with Crippen LogP contribution in [0.5, 0.6) is 11.5 Å². The molecule has 1 aromatic heterocycles. The summed E-state index contributed by atoms with van der Waals surface area (Å²) in [6, 6.07) is 8.18. The van der Waals surface area contributed by atoms with Gasteiger partial charge in [0.15, 0.2) is 32.2 Å². The Morgan fingerprint density at radius 2 is 1.88 bits per heavy atom. The lowest BCUT2D eigenvalue weighted by Crippen LogP contribution is -2.45. The molecule has 34 heavy (non-hydrogen) atoms. The van der Waals surface area contributed by atoms with Gasteiger partial charge in [0.2, 0.25) is 0 Å². The minimum atomic E-state index is -1.90. The van der Waals surface area contributed by atoms with Crippen molar-refractivity contribution in [2.24, 2.45) is 0 Å². The third-order valence-electron chi connectivity index (χ3n) is 6.55. The molecule has 0 radical (unpaired) electrons. The van der Waals surface area contributed by atoms with Crippen molar-refractivity contribution in [3.63, 3.8) is 0 Å². The van der Waals surface area contributed by atoms with E-state index >= 15 is 0 Å². The van der Waals surface area contributed by atoms with Crippen molar-refractivity contribution in [2.45, 2.75) is 51.9 Å². The summed E-state index contributed by atoms with van der Waals surface area (Å²) in [5.41, 5.74) is 2.11. The van der Waals surface area contributed by atoms with Crippen molar-refractivity contribution >= 4 is 43.8 Å². The van der Waals surface area contributed by atoms with Crippen LogP contribution in [0.2, 0.25) is 18.1 Å². The number of benzene rings is 1. The Labute approximate surface area is 208 Å². The largest absolute Gasteiger partial charge is 0.484 e.